The summed E-state index contributed by atoms with van der Waals surface area (Å²) in [5.41, 5.74) is 5.38. The van der Waals surface area contributed by atoms with Gasteiger partial charge in [-0.2, -0.15) is 11.8 Å². The van der Waals surface area contributed by atoms with Crippen molar-refractivity contribution < 1.29 is 14.6 Å². The molecule has 4 nitrogen and oxygen atoms in total. The molecule has 13 heavy (non-hydrogen) atoms. The second kappa shape index (κ2) is 5.47. The molecule has 0 radical (unpaired) electrons. The van der Waals surface area contributed by atoms with E-state index < -0.39 is 12.0 Å². The first-order valence-corrected chi connectivity index (χ1v) is 5.42. The topological polar surface area (TPSA) is 72.5 Å². The van der Waals surface area contributed by atoms with Gasteiger partial charge in [-0.15, -0.1) is 0 Å². The van der Waals surface area contributed by atoms with Crippen molar-refractivity contribution in [3.05, 3.63) is 0 Å². The Morgan fingerprint density at radius 1 is 1.62 bits per heavy atom. The van der Waals surface area contributed by atoms with Crippen LogP contribution in [0, 0.1) is 0 Å². The van der Waals surface area contributed by atoms with Crippen LogP contribution in [0.2, 0.25) is 0 Å². The van der Waals surface area contributed by atoms with Crippen molar-refractivity contribution in [3.63, 3.8) is 0 Å². The van der Waals surface area contributed by atoms with Crippen molar-refractivity contribution in [2.24, 2.45) is 5.73 Å². The molecule has 1 rings (SSSR count). The van der Waals surface area contributed by atoms with Gasteiger partial charge in [-0.05, 0) is 12.8 Å². The molecule has 1 fully saturated rings. The van der Waals surface area contributed by atoms with Crippen molar-refractivity contribution >= 4 is 17.7 Å². The number of carbonyl (C=O) groups is 1. The standard InChI is InChI=1S/C8H15NO3S/c9-7(8(10)11)5-13-6-1-3-12-4-2-6/h6-7H,1-5,9H2,(H,10,11). The maximum atomic E-state index is 10.4. The molecule has 0 aromatic rings. The lowest BCUT2D eigenvalue weighted by Crippen LogP contribution is -2.33. The minimum Gasteiger partial charge on any atom is -0.480 e. The van der Waals surface area contributed by atoms with Crippen molar-refractivity contribution in [1.82, 2.24) is 0 Å². The molecule has 1 unspecified atom stereocenters. The summed E-state index contributed by atoms with van der Waals surface area (Å²) >= 11 is 1.65. The Morgan fingerprint density at radius 3 is 2.77 bits per heavy atom. The van der Waals surface area contributed by atoms with Crippen LogP contribution in [-0.2, 0) is 9.53 Å². The molecular weight excluding hydrogens is 190 g/mol. The van der Waals surface area contributed by atoms with Crippen LogP contribution in [-0.4, -0.2) is 41.3 Å². The van der Waals surface area contributed by atoms with E-state index in [-0.39, 0.29) is 0 Å². The molecule has 0 spiro atoms. The fourth-order valence-corrected chi connectivity index (χ4v) is 2.30. The van der Waals surface area contributed by atoms with Crippen LogP contribution in [0.15, 0.2) is 0 Å². The van der Waals surface area contributed by atoms with E-state index in [1.54, 1.807) is 11.8 Å². The fourth-order valence-electron chi connectivity index (χ4n) is 1.15. The monoisotopic (exact) mass is 205 g/mol. The number of hydrogen-bond donors (Lipinski definition) is 2. The van der Waals surface area contributed by atoms with Gasteiger partial charge < -0.3 is 15.6 Å². The molecule has 0 saturated carbocycles. The minimum absolute atomic E-state index is 0.500. The molecular formula is C8H15NO3S. The maximum absolute atomic E-state index is 10.4. The summed E-state index contributed by atoms with van der Waals surface area (Å²) in [6.45, 7) is 1.58. The average Bonchev–Trinajstić information content (AvgIpc) is 2.15. The van der Waals surface area contributed by atoms with Gasteiger partial charge in [0.15, 0.2) is 0 Å². The summed E-state index contributed by atoms with van der Waals surface area (Å²) in [6.07, 6.45) is 2.02. The zero-order valence-corrected chi connectivity index (χ0v) is 8.26. The highest BCUT2D eigenvalue weighted by molar-refractivity contribution is 7.99. The van der Waals surface area contributed by atoms with Crippen molar-refractivity contribution in [2.75, 3.05) is 19.0 Å². The number of rotatable bonds is 4. The zero-order chi connectivity index (χ0) is 9.68. The lowest BCUT2D eigenvalue weighted by molar-refractivity contribution is -0.137. The number of carboxylic acid groups (broad SMARTS) is 1. The number of carboxylic acids is 1. The van der Waals surface area contributed by atoms with Gasteiger partial charge in [-0.3, -0.25) is 4.79 Å². The van der Waals surface area contributed by atoms with E-state index in [4.69, 9.17) is 15.6 Å². The van der Waals surface area contributed by atoms with Crippen LogP contribution in [0.4, 0.5) is 0 Å². The first kappa shape index (κ1) is 10.8. The third kappa shape index (κ3) is 3.97. The lowest BCUT2D eigenvalue weighted by Gasteiger charge is -2.21. The van der Waals surface area contributed by atoms with Crippen molar-refractivity contribution in [2.45, 2.75) is 24.1 Å². The van der Waals surface area contributed by atoms with Crippen LogP contribution in [0.5, 0.6) is 0 Å². The molecule has 76 valence electrons. The molecule has 1 heterocycles. The van der Waals surface area contributed by atoms with Crippen LogP contribution >= 0.6 is 11.8 Å². The molecule has 0 aliphatic carbocycles. The summed E-state index contributed by atoms with van der Waals surface area (Å²) in [4.78, 5) is 10.4. The van der Waals surface area contributed by atoms with Gasteiger partial charge in [0.1, 0.15) is 6.04 Å². The van der Waals surface area contributed by atoms with Crippen LogP contribution in [0.25, 0.3) is 0 Å². The average molecular weight is 205 g/mol. The Labute approximate surface area is 81.8 Å². The summed E-state index contributed by atoms with van der Waals surface area (Å²) < 4.78 is 5.19. The lowest BCUT2D eigenvalue weighted by atomic mass is 10.2. The number of thioether (sulfide) groups is 1. The molecule has 5 heteroatoms. The molecule has 0 amide bonds. The quantitative estimate of drug-likeness (QED) is 0.691. The second-order valence-corrected chi connectivity index (χ2v) is 4.42. The Balaban J connectivity index is 2.13. The number of ether oxygens (including phenoxy) is 1. The van der Waals surface area contributed by atoms with Gasteiger partial charge in [-0.1, -0.05) is 0 Å². The molecule has 3 N–H and O–H groups in total. The Bertz CT molecular complexity index is 171. The van der Waals surface area contributed by atoms with Crippen LogP contribution in [0.3, 0.4) is 0 Å². The zero-order valence-electron chi connectivity index (χ0n) is 7.44. The summed E-state index contributed by atoms with van der Waals surface area (Å²) in [6, 6.07) is -0.729. The van der Waals surface area contributed by atoms with Crippen molar-refractivity contribution in [3.8, 4) is 0 Å². The summed E-state index contributed by atoms with van der Waals surface area (Å²) in [5, 5.41) is 9.08. The first-order chi connectivity index (χ1) is 6.20. The fraction of sp³-hybridized carbons (Fsp3) is 0.875. The van der Waals surface area contributed by atoms with Gasteiger partial charge in [0.25, 0.3) is 0 Å². The predicted molar refractivity (Wildman–Crippen MR) is 51.9 cm³/mol. The van der Waals surface area contributed by atoms with Crippen LogP contribution < -0.4 is 5.73 Å². The predicted octanol–water partition coefficient (Wildman–Crippen LogP) is 0.310. The highest BCUT2D eigenvalue weighted by Gasteiger charge is 2.18. The van der Waals surface area contributed by atoms with Gasteiger partial charge in [0.2, 0.25) is 0 Å². The van der Waals surface area contributed by atoms with E-state index in [1.165, 1.54) is 0 Å². The molecule has 1 aliphatic heterocycles. The molecule has 0 bridgehead atoms. The number of nitrogens with two attached hydrogens (primary N) is 1. The Hall–Kier alpha value is -0.260. The largest absolute Gasteiger partial charge is 0.480 e. The van der Waals surface area contributed by atoms with E-state index in [1.807, 2.05) is 0 Å². The molecule has 0 aromatic heterocycles. The van der Waals surface area contributed by atoms with Crippen LogP contribution in [0.1, 0.15) is 12.8 Å². The van der Waals surface area contributed by atoms with Gasteiger partial charge >= 0.3 is 5.97 Å². The second-order valence-electron chi connectivity index (χ2n) is 3.09. The van der Waals surface area contributed by atoms with Gasteiger partial charge in [0.05, 0.1) is 0 Å². The minimum atomic E-state index is -0.917. The normalized spacial score (nSPS) is 21.3. The molecule has 1 aliphatic rings. The smallest absolute Gasteiger partial charge is 0.321 e. The number of aliphatic carboxylic acids is 1. The Kier molecular flexibility index (Phi) is 4.55. The third-order valence-electron chi connectivity index (χ3n) is 2.00. The van der Waals surface area contributed by atoms with E-state index in [9.17, 15) is 4.79 Å². The Morgan fingerprint density at radius 2 is 2.23 bits per heavy atom. The number of hydrogen-bond acceptors (Lipinski definition) is 4. The van der Waals surface area contributed by atoms with E-state index in [0.717, 1.165) is 26.1 Å². The molecule has 0 aromatic carbocycles. The van der Waals surface area contributed by atoms with Gasteiger partial charge in [-0.25, -0.2) is 0 Å². The first-order valence-electron chi connectivity index (χ1n) is 4.38. The van der Waals surface area contributed by atoms with E-state index in [2.05, 4.69) is 0 Å². The highest BCUT2D eigenvalue weighted by Crippen LogP contribution is 2.22. The SMILES string of the molecule is NC(CSC1CCOCC1)C(=O)O. The molecule has 1 saturated heterocycles. The maximum Gasteiger partial charge on any atom is 0.321 e. The van der Waals surface area contributed by atoms with E-state index in [0.29, 0.717) is 11.0 Å². The summed E-state index contributed by atoms with van der Waals surface area (Å²) in [7, 11) is 0. The van der Waals surface area contributed by atoms with E-state index >= 15 is 0 Å². The van der Waals surface area contributed by atoms with Crippen molar-refractivity contribution in [1.29, 1.82) is 0 Å². The summed E-state index contributed by atoms with van der Waals surface area (Å²) in [5.74, 6) is -0.417. The molecule has 1 atom stereocenters. The third-order valence-corrected chi connectivity index (χ3v) is 3.49. The highest BCUT2D eigenvalue weighted by atomic mass is 32.2. The van der Waals surface area contributed by atoms with Gasteiger partial charge in [0, 0.05) is 24.2 Å².